The van der Waals surface area contributed by atoms with E-state index in [2.05, 4.69) is 5.32 Å². The fourth-order valence-electron chi connectivity index (χ4n) is 2.53. The number of hydrogen-bond donors (Lipinski definition) is 1. The molecule has 0 bridgehead atoms. The highest BCUT2D eigenvalue weighted by Gasteiger charge is 2.31. The predicted octanol–water partition coefficient (Wildman–Crippen LogP) is 1.83. The summed E-state index contributed by atoms with van der Waals surface area (Å²) in [6.07, 6.45) is 2.80. The second-order valence-electron chi connectivity index (χ2n) is 4.82. The van der Waals surface area contributed by atoms with Gasteiger partial charge in [-0.15, -0.1) is 0 Å². The van der Waals surface area contributed by atoms with Gasteiger partial charge in [-0.25, -0.2) is 0 Å². The average molecular weight is 281 g/mol. The Kier molecular flexibility index (Phi) is 4.43. The molecule has 1 fully saturated rings. The molecular formula is C14H15ClNO3-. The van der Waals surface area contributed by atoms with E-state index in [9.17, 15) is 14.7 Å². The molecule has 19 heavy (non-hydrogen) atoms. The molecule has 4 nitrogen and oxygen atoms in total. The smallest absolute Gasteiger partial charge is 0.228 e. The van der Waals surface area contributed by atoms with Gasteiger partial charge >= 0.3 is 0 Å². The molecule has 0 aliphatic heterocycles. The van der Waals surface area contributed by atoms with Crippen molar-refractivity contribution in [3.63, 3.8) is 0 Å². The quantitative estimate of drug-likeness (QED) is 0.918. The third-order valence-corrected chi connectivity index (χ3v) is 3.73. The van der Waals surface area contributed by atoms with Gasteiger partial charge in [-0.1, -0.05) is 30.5 Å². The first-order valence-electron chi connectivity index (χ1n) is 6.35. The number of aliphatic carboxylic acids is 1. The molecule has 2 rings (SSSR count). The van der Waals surface area contributed by atoms with Crippen molar-refractivity contribution >= 4 is 29.2 Å². The van der Waals surface area contributed by atoms with Crippen molar-refractivity contribution in [1.29, 1.82) is 0 Å². The van der Waals surface area contributed by atoms with Gasteiger partial charge in [0, 0.05) is 28.5 Å². The van der Waals surface area contributed by atoms with Gasteiger partial charge in [-0.05, 0) is 31.0 Å². The van der Waals surface area contributed by atoms with Crippen LogP contribution in [-0.4, -0.2) is 11.9 Å². The zero-order valence-electron chi connectivity index (χ0n) is 10.4. The zero-order valence-corrected chi connectivity index (χ0v) is 11.2. The molecule has 1 aliphatic rings. The molecular weight excluding hydrogens is 266 g/mol. The van der Waals surface area contributed by atoms with Crippen molar-refractivity contribution < 1.29 is 14.7 Å². The lowest BCUT2D eigenvalue weighted by molar-refractivity contribution is -0.313. The number of nitrogens with one attached hydrogen (secondary N) is 1. The maximum atomic E-state index is 12.1. The third kappa shape index (κ3) is 3.47. The molecule has 1 saturated carbocycles. The maximum absolute atomic E-state index is 12.1. The van der Waals surface area contributed by atoms with E-state index in [0.717, 1.165) is 12.8 Å². The summed E-state index contributed by atoms with van der Waals surface area (Å²) in [7, 11) is 0. The lowest BCUT2D eigenvalue weighted by Crippen LogP contribution is -2.42. The Labute approximate surface area is 116 Å². The van der Waals surface area contributed by atoms with Gasteiger partial charge < -0.3 is 15.2 Å². The number of carbonyl (C=O) groups is 2. The number of benzene rings is 1. The normalized spacial score (nSPS) is 22.8. The van der Waals surface area contributed by atoms with E-state index in [1.54, 1.807) is 24.3 Å². The van der Waals surface area contributed by atoms with E-state index in [4.69, 9.17) is 11.6 Å². The average Bonchev–Trinajstić information content (AvgIpc) is 2.38. The third-order valence-electron chi connectivity index (χ3n) is 3.50. The number of carboxylic acid groups (broad SMARTS) is 1. The van der Waals surface area contributed by atoms with Gasteiger partial charge in [0.25, 0.3) is 0 Å². The van der Waals surface area contributed by atoms with E-state index in [-0.39, 0.29) is 5.91 Å². The maximum Gasteiger partial charge on any atom is 0.228 e. The van der Waals surface area contributed by atoms with E-state index >= 15 is 0 Å². The first kappa shape index (κ1) is 13.9. The van der Waals surface area contributed by atoms with Crippen LogP contribution < -0.4 is 10.4 Å². The molecule has 1 amide bonds. The zero-order chi connectivity index (χ0) is 13.8. The Bertz CT molecular complexity index is 489. The summed E-state index contributed by atoms with van der Waals surface area (Å²) >= 11 is 5.84. The molecule has 0 spiro atoms. The van der Waals surface area contributed by atoms with Crippen molar-refractivity contribution in [1.82, 2.24) is 0 Å². The molecule has 0 saturated heterocycles. The van der Waals surface area contributed by atoms with Crippen molar-refractivity contribution in [3.8, 4) is 0 Å². The summed E-state index contributed by atoms with van der Waals surface area (Å²) in [6, 6.07) is 6.80. The monoisotopic (exact) mass is 280 g/mol. The summed E-state index contributed by atoms with van der Waals surface area (Å²) in [4.78, 5) is 23.2. The van der Waals surface area contributed by atoms with E-state index in [1.807, 2.05) is 0 Å². The van der Waals surface area contributed by atoms with Crippen LogP contribution in [0.1, 0.15) is 25.7 Å². The SMILES string of the molecule is O=C(Nc1cccc(Cl)c1)[C@H]1CCCC[C@H]1C(=O)[O-]. The van der Waals surface area contributed by atoms with Crippen LogP contribution in [0, 0.1) is 11.8 Å². The molecule has 0 unspecified atom stereocenters. The first-order chi connectivity index (χ1) is 9.08. The Morgan fingerprint density at radius 3 is 2.53 bits per heavy atom. The van der Waals surface area contributed by atoms with Gasteiger partial charge in [0.1, 0.15) is 0 Å². The Morgan fingerprint density at radius 2 is 1.89 bits per heavy atom. The fourth-order valence-corrected chi connectivity index (χ4v) is 2.72. The van der Waals surface area contributed by atoms with Crippen molar-refractivity contribution in [2.24, 2.45) is 11.8 Å². The number of hydrogen-bond acceptors (Lipinski definition) is 3. The standard InChI is InChI=1S/C14H16ClNO3/c15-9-4-3-5-10(8-9)16-13(17)11-6-1-2-7-12(11)14(18)19/h3-5,8,11-12H,1-2,6-7H2,(H,16,17)(H,18,19)/p-1/t11-,12+/m0/s1. The Hall–Kier alpha value is -1.55. The van der Waals surface area contributed by atoms with Crippen molar-refractivity contribution in [2.45, 2.75) is 25.7 Å². The first-order valence-corrected chi connectivity index (χ1v) is 6.73. The van der Waals surface area contributed by atoms with E-state index in [1.165, 1.54) is 0 Å². The minimum Gasteiger partial charge on any atom is -0.550 e. The van der Waals surface area contributed by atoms with Crippen LogP contribution >= 0.6 is 11.6 Å². The number of rotatable bonds is 3. The lowest BCUT2D eigenvalue weighted by Gasteiger charge is -2.31. The van der Waals surface area contributed by atoms with E-state index < -0.39 is 17.8 Å². The fraction of sp³-hybridized carbons (Fsp3) is 0.429. The van der Waals surface area contributed by atoms with Gasteiger partial charge in [0.05, 0.1) is 0 Å². The minimum atomic E-state index is -1.13. The number of anilines is 1. The van der Waals surface area contributed by atoms with Gasteiger partial charge in [-0.2, -0.15) is 0 Å². The number of halogens is 1. The summed E-state index contributed by atoms with van der Waals surface area (Å²) < 4.78 is 0. The van der Waals surface area contributed by atoms with Crippen molar-refractivity contribution in [2.75, 3.05) is 5.32 Å². The topological polar surface area (TPSA) is 69.2 Å². The van der Waals surface area contributed by atoms with Crippen LogP contribution in [0.4, 0.5) is 5.69 Å². The van der Waals surface area contributed by atoms with Crippen LogP contribution in [0.2, 0.25) is 5.02 Å². The molecule has 102 valence electrons. The highest BCUT2D eigenvalue weighted by molar-refractivity contribution is 6.30. The van der Waals surface area contributed by atoms with Crippen molar-refractivity contribution in [3.05, 3.63) is 29.3 Å². The highest BCUT2D eigenvalue weighted by Crippen LogP contribution is 2.30. The number of amides is 1. The molecule has 5 heteroatoms. The van der Waals surface area contributed by atoms with Gasteiger partial charge in [-0.3, -0.25) is 4.79 Å². The molecule has 1 aromatic rings. The predicted molar refractivity (Wildman–Crippen MR) is 70.5 cm³/mol. The molecule has 1 N–H and O–H groups in total. The molecule has 0 heterocycles. The lowest BCUT2D eigenvalue weighted by atomic mass is 9.78. The van der Waals surface area contributed by atoms with Crippen LogP contribution in [0.3, 0.4) is 0 Å². The molecule has 2 atom stereocenters. The Morgan fingerprint density at radius 1 is 1.21 bits per heavy atom. The van der Waals surface area contributed by atoms with Crippen LogP contribution in [0.15, 0.2) is 24.3 Å². The number of carboxylic acids is 1. The van der Waals surface area contributed by atoms with Crippen LogP contribution in [0.5, 0.6) is 0 Å². The van der Waals surface area contributed by atoms with Gasteiger partial charge in [0.15, 0.2) is 0 Å². The summed E-state index contributed by atoms with van der Waals surface area (Å²) in [6.45, 7) is 0. The highest BCUT2D eigenvalue weighted by atomic mass is 35.5. The molecule has 0 aromatic heterocycles. The Balaban J connectivity index is 2.07. The second-order valence-corrected chi connectivity index (χ2v) is 5.25. The van der Waals surface area contributed by atoms with Crippen LogP contribution in [0.25, 0.3) is 0 Å². The summed E-state index contributed by atoms with van der Waals surface area (Å²) in [5.74, 6) is -2.60. The van der Waals surface area contributed by atoms with E-state index in [0.29, 0.717) is 23.6 Å². The molecule has 1 aliphatic carbocycles. The minimum absolute atomic E-state index is 0.267. The summed E-state index contributed by atoms with van der Waals surface area (Å²) in [5.41, 5.74) is 0.583. The molecule has 0 radical (unpaired) electrons. The second kappa shape index (κ2) is 6.06. The summed E-state index contributed by atoms with van der Waals surface area (Å²) in [5, 5.41) is 14.3. The van der Waals surface area contributed by atoms with Gasteiger partial charge in [0.2, 0.25) is 5.91 Å². The largest absolute Gasteiger partial charge is 0.550 e. The molecule has 1 aromatic carbocycles. The van der Waals surface area contributed by atoms with Crippen LogP contribution in [-0.2, 0) is 9.59 Å². The number of carbonyl (C=O) groups excluding carboxylic acids is 2.